The minimum Gasteiger partial charge on any atom is -0.429 e. The summed E-state index contributed by atoms with van der Waals surface area (Å²) in [5.74, 6) is 1.13. The lowest BCUT2D eigenvalue weighted by Crippen LogP contribution is -1.85. The third-order valence-electron chi connectivity index (χ3n) is 2.48. The lowest BCUT2D eigenvalue weighted by atomic mass is 10.2. The first kappa shape index (κ1) is 14.1. The summed E-state index contributed by atoms with van der Waals surface area (Å²) in [5, 5.41) is 7.66. The number of benzene rings is 2. The predicted molar refractivity (Wildman–Crippen MR) is 81.3 cm³/mol. The SMILES string of the molecule is Nc1n[nH]c2cc(Br)ccc12.O=COc1ccccc1. The number of aromatic amines is 1. The molecule has 1 aromatic heterocycles. The summed E-state index contributed by atoms with van der Waals surface area (Å²) in [4.78, 5) is 9.75. The molecular weight excluding hydrogens is 322 g/mol. The molecule has 0 unspecified atom stereocenters. The maximum absolute atomic E-state index is 9.75. The number of aromatic nitrogens is 2. The van der Waals surface area contributed by atoms with E-state index in [0.29, 0.717) is 18.0 Å². The Morgan fingerprint density at radius 3 is 2.65 bits per heavy atom. The highest BCUT2D eigenvalue weighted by Gasteiger charge is 2.00. The van der Waals surface area contributed by atoms with Gasteiger partial charge >= 0.3 is 0 Å². The van der Waals surface area contributed by atoms with E-state index >= 15 is 0 Å². The molecule has 5 nitrogen and oxygen atoms in total. The zero-order valence-corrected chi connectivity index (χ0v) is 12.0. The number of hydrogen-bond donors (Lipinski definition) is 2. The monoisotopic (exact) mass is 333 g/mol. The number of nitrogens with one attached hydrogen (secondary N) is 1. The Morgan fingerprint density at radius 2 is 1.95 bits per heavy atom. The molecule has 0 aliphatic heterocycles. The molecule has 0 spiro atoms. The number of nitrogens with zero attached hydrogens (tertiary/aromatic N) is 1. The number of para-hydroxylation sites is 1. The third kappa shape index (κ3) is 3.58. The Morgan fingerprint density at radius 1 is 1.20 bits per heavy atom. The second-order valence-corrected chi connectivity index (χ2v) is 4.74. The molecule has 3 rings (SSSR count). The summed E-state index contributed by atoms with van der Waals surface area (Å²) in [6.07, 6.45) is 0. The molecule has 1 heterocycles. The molecule has 6 heteroatoms. The minimum atomic E-state index is 0.412. The number of ether oxygens (including phenoxy) is 1. The van der Waals surface area contributed by atoms with Crippen LogP contribution in [0.1, 0.15) is 0 Å². The summed E-state index contributed by atoms with van der Waals surface area (Å²) < 4.78 is 5.55. The lowest BCUT2D eigenvalue weighted by molar-refractivity contribution is -0.120. The van der Waals surface area contributed by atoms with E-state index in [-0.39, 0.29) is 0 Å². The Bertz CT molecular complexity index is 698. The third-order valence-corrected chi connectivity index (χ3v) is 2.98. The Balaban J connectivity index is 0.000000151. The average Bonchev–Trinajstić information content (AvgIpc) is 2.82. The molecule has 0 saturated carbocycles. The number of nitrogens with two attached hydrogens (primary N) is 1. The zero-order chi connectivity index (χ0) is 14.4. The molecule has 20 heavy (non-hydrogen) atoms. The maximum atomic E-state index is 9.75. The molecule has 0 saturated heterocycles. The number of carbonyl (C=O) groups is 1. The van der Waals surface area contributed by atoms with Gasteiger partial charge in [-0.1, -0.05) is 34.1 Å². The van der Waals surface area contributed by atoms with Crippen LogP contribution in [0.5, 0.6) is 5.75 Å². The van der Waals surface area contributed by atoms with Gasteiger partial charge in [0.25, 0.3) is 6.47 Å². The van der Waals surface area contributed by atoms with Crippen molar-refractivity contribution < 1.29 is 9.53 Å². The van der Waals surface area contributed by atoms with Crippen molar-refractivity contribution >= 4 is 39.1 Å². The van der Waals surface area contributed by atoms with Crippen LogP contribution in [0.15, 0.2) is 53.0 Å². The molecule has 0 radical (unpaired) electrons. The smallest absolute Gasteiger partial charge is 0.298 e. The van der Waals surface area contributed by atoms with Crippen LogP contribution >= 0.6 is 15.9 Å². The van der Waals surface area contributed by atoms with E-state index in [1.165, 1.54) is 0 Å². The lowest BCUT2D eigenvalue weighted by Gasteiger charge is -1.92. The number of fused-ring (bicyclic) bond motifs is 1. The van der Waals surface area contributed by atoms with Crippen LogP contribution in [0.4, 0.5) is 5.82 Å². The van der Waals surface area contributed by atoms with Crippen LogP contribution in [0.25, 0.3) is 10.9 Å². The van der Waals surface area contributed by atoms with Crippen LogP contribution in [0, 0.1) is 0 Å². The number of hydrogen-bond acceptors (Lipinski definition) is 4. The topological polar surface area (TPSA) is 81.0 Å². The van der Waals surface area contributed by atoms with Crippen molar-refractivity contribution in [1.82, 2.24) is 10.2 Å². The van der Waals surface area contributed by atoms with Crippen LogP contribution in [0.2, 0.25) is 0 Å². The number of H-pyrrole nitrogens is 1. The van der Waals surface area contributed by atoms with Crippen molar-refractivity contribution in [3.05, 3.63) is 53.0 Å². The Hall–Kier alpha value is -2.34. The van der Waals surface area contributed by atoms with Crippen LogP contribution in [-0.4, -0.2) is 16.7 Å². The highest BCUT2D eigenvalue weighted by molar-refractivity contribution is 9.10. The molecule has 2 aromatic carbocycles. The van der Waals surface area contributed by atoms with Gasteiger partial charge in [-0.2, -0.15) is 5.10 Å². The van der Waals surface area contributed by atoms with Crippen molar-refractivity contribution in [3.8, 4) is 5.75 Å². The quantitative estimate of drug-likeness (QED) is 0.706. The molecule has 0 atom stereocenters. The van der Waals surface area contributed by atoms with Gasteiger partial charge in [-0.05, 0) is 30.3 Å². The number of anilines is 1. The normalized spacial score (nSPS) is 9.65. The first-order valence-electron chi connectivity index (χ1n) is 5.75. The van der Waals surface area contributed by atoms with E-state index < -0.39 is 0 Å². The second kappa shape index (κ2) is 6.72. The molecule has 0 amide bonds. The first-order chi connectivity index (χ1) is 9.70. The van der Waals surface area contributed by atoms with E-state index in [2.05, 4.69) is 30.9 Å². The van der Waals surface area contributed by atoms with E-state index in [0.717, 1.165) is 15.4 Å². The highest BCUT2D eigenvalue weighted by atomic mass is 79.9. The largest absolute Gasteiger partial charge is 0.429 e. The predicted octanol–water partition coefficient (Wildman–Crippen LogP) is 3.13. The van der Waals surface area contributed by atoms with Crippen molar-refractivity contribution in [2.75, 3.05) is 5.73 Å². The van der Waals surface area contributed by atoms with E-state index in [1.54, 1.807) is 24.3 Å². The second-order valence-electron chi connectivity index (χ2n) is 3.83. The molecule has 102 valence electrons. The zero-order valence-electron chi connectivity index (χ0n) is 10.4. The van der Waals surface area contributed by atoms with E-state index in [4.69, 9.17) is 5.73 Å². The first-order valence-corrected chi connectivity index (χ1v) is 6.54. The number of rotatable bonds is 2. The van der Waals surface area contributed by atoms with Gasteiger partial charge in [0, 0.05) is 9.86 Å². The van der Waals surface area contributed by atoms with Gasteiger partial charge in [0.15, 0.2) is 5.82 Å². The summed E-state index contributed by atoms with van der Waals surface area (Å²) in [6.45, 7) is 0.412. The van der Waals surface area contributed by atoms with Crippen molar-refractivity contribution in [1.29, 1.82) is 0 Å². The fourth-order valence-corrected chi connectivity index (χ4v) is 1.93. The van der Waals surface area contributed by atoms with Crippen molar-refractivity contribution in [2.24, 2.45) is 0 Å². The Kier molecular flexibility index (Phi) is 4.73. The maximum Gasteiger partial charge on any atom is 0.298 e. The fraction of sp³-hybridized carbons (Fsp3) is 0. The van der Waals surface area contributed by atoms with Gasteiger partial charge in [-0.3, -0.25) is 9.89 Å². The van der Waals surface area contributed by atoms with E-state index in [9.17, 15) is 4.79 Å². The summed E-state index contributed by atoms with van der Waals surface area (Å²) in [7, 11) is 0. The molecule has 0 aliphatic rings. The van der Waals surface area contributed by atoms with Crippen molar-refractivity contribution in [2.45, 2.75) is 0 Å². The Labute approximate surface area is 123 Å². The molecular formula is C14H12BrN3O2. The average molecular weight is 334 g/mol. The number of halogens is 1. The van der Waals surface area contributed by atoms with Crippen LogP contribution in [-0.2, 0) is 4.79 Å². The standard InChI is InChI=1S/C7H6BrN3.C7H6O2/c8-4-1-2-5-6(3-4)10-11-7(5)9;8-6-9-7-4-2-1-3-5-7/h1-3H,(H3,9,10,11);1-6H. The minimum absolute atomic E-state index is 0.412. The molecule has 3 N–H and O–H groups in total. The fourth-order valence-electron chi connectivity index (χ4n) is 1.57. The summed E-state index contributed by atoms with van der Waals surface area (Å²) >= 11 is 3.35. The summed E-state index contributed by atoms with van der Waals surface area (Å²) in [6, 6.07) is 14.7. The van der Waals surface area contributed by atoms with Crippen LogP contribution < -0.4 is 10.5 Å². The van der Waals surface area contributed by atoms with Crippen molar-refractivity contribution in [3.63, 3.8) is 0 Å². The van der Waals surface area contributed by atoms with Gasteiger partial charge < -0.3 is 10.5 Å². The molecule has 0 bridgehead atoms. The van der Waals surface area contributed by atoms with Crippen LogP contribution in [0.3, 0.4) is 0 Å². The number of carbonyl (C=O) groups excluding carboxylic acids is 1. The molecule has 3 aromatic rings. The molecule has 0 fully saturated rings. The van der Waals surface area contributed by atoms with Gasteiger partial charge in [-0.15, -0.1) is 0 Å². The van der Waals surface area contributed by atoms with E-state index in [1.807, 2.05) is 24.3 Å². The molecule has 0 aliphatic carbocycles. The summed E-state index contributed by atoms with van der Waals surface area (Å²) in [5.41, 5.74) is 6.52. The van der Waals surface area contributed by atoms with Gasteiger partial charge in [0.05, 0.1) is 5.52 Å². The number of nitrogen functional groups attached to an aromatic ring is 1. The van der Waals surface area contributed by atoms with Gasteiger partial charge in [-0.25, -0.2) is 0 Å². The van der Waals surface area contributed by atoms with Gasteiger partial charge in [0.1, 0.15) is 5.75 Å². The highest BCUT2D eigenvalue weighted by Crippen LogP contribution is 2.21. The van der Waals surface area contributed by atoms with Gasteiger partial charge in [0.2, 0.25) is 0 Å².